The first-order chi connectivity index (χ1) is 11.2. The van der Waals surface area contributed by atoms with Crippen LogP contribution in [0.2, 0.25) is 0 Å². The van der Waals surface area contributed by atoms with E-state index < -0.39 is 0 Å². The average molecular weight is 330 g/mol. The molecule has 1 amide bonds. The molecule has 120 valence electrons. The summed E-state index contributed by atoms with van der Waals surface area (Å²) in [7, 11) is 0. The number of carbonyl (C=O) groups is 1. The highest BCUT2D eigenvalue weighted by Crippen LogP contribution is 2.34. The maximum atomic E-state index is 12.4. The highest BCUT2D eigenvalue weighted by Gasteiger charge is 2.39. The van der Waals surface area contributed by atoms with E-state index in [2.05, 4.69) is 10.6 Å². The molecule has 0 saturated carbocycles. The molecule has 2 aliphatic rings. The number of fused-ring (bicyclic) bond motifs is 2. The zero-order valence-corrected chi connectivity index (χ0v) is 13.3. The molecule has 0 aliphatic carbocycles. The summed E-state index contributed by atoms with van der Waals surface area (Å²) >= 11 is 1.28. The lowest BCUT2D eigenvalue weighted by molar-refractivity contribution is 0.0935. The first-order valence-electron chi connectivity index (χ1n) is 7.81. The second-order valence-electron chi connectivity index (χ2n) is 6.05. The maximum Gasteiger partial charge on any atom is 0.261 e. The van der Waals surface area contributed by atoms with Crippen molar-refractivity contribution in [2.45, 2.75) is 37.4 Å². The SMILES string of the molecule is O=C(N[C@@H]1C[C@H]2CC[C@@H]1N2)c1ccc(Oc2ccccc2O)s1. The van der Waals surface area contributed by atoms with Crippen molar-refractivity contribution in [2.75, 3.05) is 0 Å². The molecular weight excluding hydrogens is 312 g/mol. The Morgan fingerprint density at radius 3 is 2.87 bits per heavy atom. The molecule has 0 spiro atoms. The molecule has 1 aromatic heterocycles. The van der Waals surface area contributed by atoms with Crippen molar-refractivity contribution in [3.8, 4) is 16.6 Å². The van der Waals surface area contributed by atoms with Crippen LogP contribution in [0.5, 0.6) is 16.6 Å². The predicted molar refractivity (Wildman–Crippen MR) is 88.3 cm³/mol. The number of nitrogens with one attached hydrogen (secondary N) is 2. The van der Waals surface area contributed by atoms with Gasteiger partial charge in [-0.15, -0.1) is 0 Å². The summed E-state index contributed by atoms with van der Waals surface area (Å²) in [5.74, 6) is 0.417. The fourth-order valence-corrected chi connectivity index (χ4v) is 4.14. The Morgan fingerprint density at radius 1 is 1.26 bits per heavy atom. The summed E-state index contributed by atoms with van der Waals surface area (Å²) in [5, 5.41) is 17.0. The number of rotatable bonds is 4. The van der Waals surface area contributed by atoms with Crippen LogP contribution in [0.3, 0.4) is 0 Å². The summed E-state index contributed by atoms with van der Waals surface area (Å²) in [6.45, 7) is 0. The number of amides is 1. The normalized spacial score (nSPS) is 25.5. The number of phenols is 1. The maximum absolute atomic E-state index is 12.4. The van der Waals surface area contributed by atoms with Gasteiger partial charge in [0.05, 0.1) is 4.88 Å². The van der Waals surface area contributed by atoms with Crippen molar-refractivity contribution in [3.05, 3.63) is 41.3 Å². The Labute approximate surface area is 138 Å². The summed E-state index contributed by atoms with van der Waals surface area (Å²) < 4.78 is 5.64. The number of aromatic hydroxyl groups is 1. The first kappa shape index (κ1) is 14.5. The Balaban J connectivity index is 1.41. The van der Waals surface area contributed by atoms with Crippen LogP contribution in [0.1, 0.15) is 28.9 Å². The predicted octanol–water partition coefficient (Wildman–Crippen LogP) is 2.87. The molecule has 2 aromatic rings. The molecule has 5 nitrogen and oxygen atoms in total. The van der Waals surface area contributed by atoms with Crippen LogP contribution in [-0.4, -0.2) is 29.1 Å². The van der Waals surface area contributed by atoms with Gasteiger partial charge in [0.25, 0.3) is 5.91 Å². The van der Waals surface area contributed by atoms with Crippen LogP contribution < -0.4 is 15.4 Å². The zero-order chi connectivity index (χ0) is 15.8. The molecule has 2 saturated heterocycles. The molecule has 0 radical (unpaired) electrons. The lowest BCUT2D eigenvalue weighted by Crippen LogP contribution is -2.42. The first-order valence-corrected chi connectivity index (χ1v) is 8.63. The van der Waals surface area contributed by atoms with Crippen molar-refractivity contribution >= 4 is 17.2 Å². The standard InChI is InChI=1S/C17H18N2O3S/c20-13-3-1-2-4-14(13)22-16-8-7-15(23-16)17(21)19-12-9-10-5-6-11(12)18-10/h1-4,7-8,10-12,18,20H,5-6,9H2,(H,19,21)/t10-,11+,12-/m1/s1. The Morgan fingerprint density at radius 2 is 2.13 bits per heavy atom. The molecule has 1 aromatic carbocycles. The molecule has 6 heteroatoms. The van der Waals surface area contributed by atoms with E-state index in [1.54, 1.807) is 36.4 Å². The fraction of sp³-hybridized carbons (Fsp3) is 0.353. The molecule has 4 rings (SSSR count). The summed E-state index contributed by atoms with van der Waals surface area (Å²) in [5.41, 5.74) is 0. The lowest BCUT2D eigenvalue weighted by atomic mass is 9.95. The van der Waals surface area contributed by atoms with Crippen LogP contribution >= 0.6 is 11.3 Å². The van der Waals surface area contributed by atoms with Crippen LogP contribution in [0.15, 0.2) is 36.4 Å². The van der Waals surface area contributed by atoms with E-state index in [0.29, 0.717) is 27.8 Å². The summed E-state index contributed by atoms with van der Waals surface area (Å²) in [6, 6.07) is 11.5. The Hall–Kier alpha value is -2.05. The smallest absolute Gasteiger partial charge is 0.261 e. The zero-order valence-electron chi connectivity index (χ0n) is 12.5. The number of thiophene rings is 1. The van der Waals surface area contributed by atoms with Gasteiger partial charge in [0.1, 0.15) is 0 Å². The number of para-hydroxylation sites is 2. The second-order valence-corrected chi connectivity index (χ2v) is 7.10. The van der Waals surface area contributed by atoms with Gasteiger partial charge in [-0.05, 0) is 43.5 Å². The molecular formula is C17H18N2O3S. The third kappa shape index (κ3) is 2.92. The number of phenolic OH excluding ortho intramolecular Hbond substituents is 1. The molecule has 0 unspecified atom stereocenters. The fourth-order valence-electron chi connectivity index (χ4n) is 3.37. The quantitative estimate of drug-likeness (QED) is 0.806. The van der Waals surface area contributed by atoms with E-state index in [9.17, 15) is 9.90 Å². The van der Waals surface area contributed by atoms with Gasteiger partial charge in [-0.2, -0.15) is 0 Å². The summed E-state index contributed by atoms with van der Waals surface area (Å²) in [4.78, 5) is 13.0. The van der Waals surface area contributed by atoms with Crippen LogP contribution in [-0.2, 0) is 0 Å². The minimum atomic E-state index is -0.0542. The van der Waals surface area contributed by atoms with Crippen molar-refractivity contribution in [2.24, 2.45) is 0 Å². The molecule has 3 atom stereocenters. The van der Waals surface area contributed by atoms with Gasteiger partial charge in [0.2, 0.25) is 0 Å². The van der Waals surface area contributed by atoms with Crippen LogP contribution in [0.25, 0.3) is 0 Å². The highest BCUT2D eigenvalue weighted by molar-refractivity contribution is 7.15. The Bertz CT molecular complexity index is 730. The monoisotopic (exact) mass is 330 g/mol. The minimum absolute atomic E-state index is 0.0542. The van der Waals surface area contributed by atoms with Gasteiger partial charge in [0.15, 0.2) is 16.6 Å². The topological polar surface area (TPSA) is 70.6 Å². The Kier molecular flexibility index (Phi) is 3.71. The minimum Gasteiger partial charge on any atom is -0.504 e. The van der Waals surface area contributed by atoms with Crippen molar-refractivity contribution in [1.29, 1.82) is 0 Å². The molecule has 3 N–H and O–H groups in total. The largest absolute Gasteiger partial charge is 0.504 e. The third-order valence-corrected chi connectivity index (χ3v) is 5.46. The van der Waals surface area contributed by atoms with E-state index in [-0.39, 0.29) is 17.7 Å². The van der Waals surface area contributed by atoms with Crippen LogP contribution in [0.4, 0.5) is 0 Å². The van der Waals surface area contributed by atoms with Gasteiger partial charge in [0, 0.05) is 18.1 Å². The third-order valence-electron chi connectivity index (χ3n) is 4.50. The number of carbonyl (C=O) groups excluding carboxylic acids is 1. The van der Waals surface area contributed by atoms with E-state index in [0.717, 1.165) is 12.8 Å². The number of hydrogen-bond acceptors (Lipinski definition) is 5. The van der Waals surface area contributed by atoms with Crippen molar-refractivity contribution in [1.82, 2.24) is 10.6 Å². The van der Waals surface area contributed by atoms with Gasteiger partial charge in [-0.3, -0.25) is 4.79 Å². The van der Waals surface area contributed by atoms with E-state index in [1.165, 1.54) is 17.8 Å². The summed E-state index contributed by atoms with van der Waals surface area (Å²) in [6.07, 6.45) is 3.37. The van der Waals surface area contributed by atoms with Gasteiger partial charge in [-0.1, -0.05) is 23.5 Å². The molecule has 3 heterocycles. The second kappa shape index (κ2) is 5.86. The van der Waals surface area contributed by atoms with Gasteiger partial charge < -0.3 is 20.5 Å². The molecule has 2 fully saturated rings. The van der Waals surface area contributed by atoms with Gasteiger partial charge >= 0.3 is 0 Å². The number of ether oxygens (including phenoxy) is 1. The average Bonchev–Trinajstić information content (AvgIpc) is 3.26. The molecule has 2 aliphatic heterocycles. The number of hydrogen-bond donors (Lipinski definition) is 3. The van der Waals surface area contributed by atoms with Crippen molar-refractivity contribution in [3.63, 3.8) is 0 Å². The lowest BCUT2D eigenvalue weighted by Gasteiger charge is -2.20. The number of benzene rings is 1. The van der Waals surface area contributed by atoms with E-state index in [4.69, 9.17) is 4.74 Å². The highest BCUT2D eigenvalue weighted by atomic mass is 32.1. The van der Waals surface area contributed by atoms with E-state index >= 15 is 0 Å². The molecule has 2 bridgehead atoms. The van der Waals surface area contributed by atoms with E-state index in [1.807, 2.05) is 0 Å². The van der Waals surface area contributed by atoms with Crippen molar-refractivity contribution < 1.29 is 14.6 Å². The molecule has 23 heavy (non-hydrogen) atoms. The van der Waals surface area contributed by atoms with Gasteiger partial charge in [-0.25, -0.2) is 0 Å². The van der Waals surface area contributed by atoms with Crippen LogP contribution in [0, 0.1) is 0 Å².